The molecule has 1 atom stereocenters. The third-order valence-electron chi connectivity index (χ3n) is 3.48. The number of hydrogen-bond donors (Lipinski definition) is 1. The summed E-state index contributed by atoms with van der Waals surface area (Å²) in [4.78, 5) is 6.27. The zero-order valence-corrected chi connectivity index (χ0v) is 13.3. The lowest BCUT2D eigenvalue weighted by atomic mass is 10.0. The first kappa shape index (κ1) is 17.4. The van der Waals surface area contributed by atoms with E-state index in [9.17, 15) is 8.78 Å². The van der Waals surface area contributed by atoms with Gasteiger partial charge in [-0.3, -0.25) is 4.99 Å². The quantitative estimate of drug-likeness (QED) is 0.644. The molecule has 0 saturated heterocycles. The molecular weight excluding hydrogens is 272 g/mol. The van der Waals surface area contributed by atoms with E-state index in [-0.39, 0.29) is 5.92 Å². The maximum atomic E-state index is 13.7. The fourth-order valence-electron chi connectivity index (χ4n) is 2.14. The molecule has 0 aliphatic carbocycles. The highest BCUT2D eigenvalue weighted by atomic mass is 19.1. The summed E-state index contributed by atoms with van der Waals surface area (Å²) in [6.45, 7) is 5.52. The molecule has 0 radical (unpaired) electrons. The van der Waals surface area contributed by atoms with Crippen LogP contribution in [0.3, 0.4) is 0 Å². The first-order chi connectivity index (χ1) is 9.99. The van der Waals surface area contributed by atoms with Gasteiger partial charge in [0.25, 0.3) is 0 Å². The topological polar surface area (TPSA) is 27.6 Å². The van der Waals surface area contributed by atoms with Crippen molar-refractivity contribution in [3.63, 3.8) is 0 Å². The maximum Gasteiger partial charge on any atom is 0.193 e. The van der Waals surface area contributed by atoms with E-state index in [2.05, 4.69) is 22.1 Å². The van der Waals surface area contributed by atoms with Crippen LogP contribution in [0.15, 0.2) is 23.2 Å². The Morgan fingerprint density at radius 1 is 1.38 bits per heavy atom. The predicted molar refractivity (Wildman–Crippen MR) is 83.7 cm³/mol. The molecule has 0 fully saturated rings. The van der Waals surface area contributed by atoms with Crippen LogP contribution in [0.5, 0.6) is 0 Å². The van der Waals surface area contributed by atoms with Crippen LogP contribution >= 0.6 is 0 Å². The molecule has 0 bridgehead atoms. The maximum absolute atomic E-state index is 13.7. The Kier molecular flexibility index (Phi) is 7.12. The van der Waals surface area contributed by atoms with Gasteiger partial charge < -0.3 is 10.2 Å². The van der Waals surface area contributed by atoms with E-state index in [1.165, 1.54) is 12.1 Å². The van der Waals surface area contributed by atoms with Crippen LogP contribution in [0.1, 0.15) is 38.2 Å². The average molecular weight is 297 g/mol. The highest BCUT2D eigenvalue weighted by Gasteiger charge is 2.13. The smallest absolute Gasteiger partial charge is 0.193 e. The molecular formula is C16H25F2N3. The number of rotatable bonds is 6. The second-order valence-electron chi connectivity index (χ2n) is 5.27. The summed E-state index contributed by atoms with van der Waals surface area (Å²) >= 11 is 0. The van der Waals surface area contributed by atoms with Crippen molar-refractivity contribution in [3.8, 4) is 0 Å². The van der Waals surface area contributed by atoms with Gasteiger partial charge in [0.15, 0.2) is 5.96 Å². The van der Waals surface area contributed by atoms with Gasteiger partial charge >= 0.3 is 0 Å². The first-order valence-corrected chi connectivity index (χ1v) is 7.36. The van der Waals surface area contributed by atoms with Crippen molar-refractivity contribution in [2.45, 2.75) is 32.6 Å². The Bertz CT molecular complexity index is 475. The second kappa shape index (κ2) is 8.60. The minimum atomic E-state index is -0.550. The van der Waals surface area contributed by atoms with E-state index in [0.29, 0.717) is 12.1 Å². The molecule has 5 heteroatoms. The summed E-state index contributed by atoms with van der Waals surface area (Å²) < 4.78 is 26.6. The van der Waals surface area contributed by atoms with E-state index in [1.807, 2.05) is 14.0 Å². The first-order valence-electron chi connectivity index (χ1n) is 7.36. The molecule has 0 aromatic heterocycles. The van der Waals surface area contributed by atoms with Crippen LogP contribution in [0.4, 0.5) is 8.78 Å². The van der Waals surface area contributed by atoms with Gasteiger partial charge in [-0.25, -0.2) is 8.78 Å². The molecule has 0 spiro atoms. The number of nitrogens with zero attached hydrogens (tertiary/aromatic N) is 2. The Hall–Kier alpha value is -1.65. The Morgan fingerprint density at radius 2 is 2.10 bits per heavy atom. The molecule has 0 aliphatic heterocycles. The van der Waals surface area contributed by atoms with Crippen LogP contribution in [0.2, 0.25) is 0 Å². The molecule has 1 N–H and O–H groups in total. The number of nitrogens with one attached hydrogen (secondary N) is 1. The molecule has 118 valence electrons. The number of benzene rings is 1. The fraction of sp³-hybridized carbons (Fsp3) is 0.562. The van der Waals surface area contributed by atoms with Gasteiger partial charge in [-0.2, -0.15) is 0 Å². The summed E-state index contributed by atoms with van der Waals surface area (Å²) in [5.41, 5.74) is 0.510. The molecule has 3 nitrogen and oxygen atoms in total. The Labute approximate surface area is 126 Å². The van der Waals surface area contributed by atoms with Crippen molar-refractivity contribution in [1.82, 2.24) is 10.2 Å². The lowest BCUT2D eigenvalue weighted by molar-refractivity contribution is 0.461. The molecule has 0 saturated carbocycles. The molecule has 1 aromatic rings. The number of hydrogen-bond acceptors (Lipinski definition) is 1. The van der Waals surface area contributed by atoms with Crippen LogP contribution < -0.4 is 5.32 Å². The molecule has 1 rings (SSSR count). The van der Waals surface area contributed by atoms with Crippen molar-refractivity contribution in [1.29, 1.82) is 0 Å². The van der Waals surface area contributed by atoms with Crippen LogP contribution in [-0.4, -0.2) is 38.0 Å². The summed E-state index contributed by atoms with van der Waals surface area (Å²) in [6.07, 6.45) is 2.22. The summed E-state index contributed by atoms with van der Waals surface area (Å²) in [7, 11) is 3.71. The minimum absolute atomic E-state index is 0.0677. The monoisotopic (exact) mass is 297 g/mol. The molecule has 0 amide bonds. The fourth-order valence-corrected chi connectivity index (χ4v) is 2.14. The van der Waals surface area contributed by atoms with Crippen molar-refractivity contribution in [2.24, 2.45) is 4.99 Å². The Morgan fingerprint density at radius 3 is 2.67 bits per heavy atom. The van der Waals surface area contributed by atoms with Gasteiger partial charge in [-0.15, -0.1) is 0 Å². The second-order valence-corrected chi connectivity index (χ2v) is 5.27. The molecule has 0 heterocycles. The van der Waals surface area contributed by atoms with Gasteiger partial charge in [0.1, 0.15) is 11.6 Å². The summed E-state index contributed by atoms with van der Waals surface area (Å²) in [5, 5.41) is 3.23. The zero-order chi connectivity index (χ0) is 15.8. The van der Waals surface area contributed by atoms with Crippen molar-refractivity contribution >= 4 is 5.96 Å². The third kappa shape index (κ3) is 5.33. The van der Waals surface area contributed by atoms with Crippen molar-refractivity contribution in [2.75, 3.05) is 27.2 Å². The van der Waals surface area contributed by atoms with Gasteiger partial charge in [-0.1, -0.05) is 26.3 Å². The number of guanidine groups is 1. The van der Waals surface area contributed by atoms with E-state index in [0.717, 1.165) is 31.4 Å². The lowest BCUT2D eigenvalue weighted by Crippen LogP contribution is -2.40. The summed E-state index contributed by atoms with van der Waals surface area (Å²) in [5.74, 6) is -0.329. The Balaban J connectivity index is 2.60. The van der Waals surface area contributed by atoms with Gasteiger partial charge in [0.05, 0.1) is 0 Å². The largest absolute Gasteiger partial charge is 0.356 e. The lowest BCUT2D eigenvalue weighted by Gasteiger charge is -2.23. The minimum Gasteiger partial charge on any atom is -0.356 e. The van der Waals surface area contributed by atoms with Crippen LogP contribution in [-0.2, 0) is 0 Å². The van der Waals surface area contributed by atoms with Gasteiger partial charge in [0, 0.05) is 39.2 Å². The average Bonchev–Trinajstić information content (AvgIpc) is 2.45. The van der Waals surface area contributed by atoms with Crippen molar-refractivity contribution in [3.05, 3.63) is 35.4 Å². The number of halogens is 2. The number of aliphatic imine (C=N–C) groups is 1. The number of unbranched alkanes of at least 4 members (excludes halogenated alkanes) is 1. The molecule has 21 heavy (non-hydrogen) atoms. The predicted octanol–water partition coefficient (Wildman–Crippen LogP) is 3.38. The van der Waals surface area contributed by atoms with E-state index in [1.54, 1.807) is 7.05 Å². The van der Waals surface area contributed by atoms with Gasteiger partial charge in [-0.05, 0) is 18.1 Å². The highest BCUT2D eigenvalue weighted by Crippen LogP contribution is 2.19. The zero-order valence-electron chi connectivity index (χ0n) is 13.3. The third-order valence-corrected chi connectivity index (χ3v) is 3.48. The highest BCUT2D eigenvalue weighted by molar-refractivity contribution is 5.79. The molecule has 1 unspecified atom stereocenters. The van der Waals surface area contributed by atoms with E-state index >= 15 is 0 Å². The normalized spacial score (nSPS) is 13.1. The van der Waals surface area contributed by atoms with Crippen molar-refractivity contribution < 1.29 is 8.78 Å². The standard InChI is InChI=1S/C16H25F2N3/c1-5-6-9-21(4)16(19-3)20-11-12(2)14-8-7-13(17)10-15(14)18/h7-8,10,12H,5-6,9,11H2,1-4H3,(H,19,20). The summed E-state index contributed by atoms with van der Waals surface area (Å²) in [6, 6.07) is 3.71. The van der Waals surface area contributed by atoms with Gasteiger partial charge in [0.2, 0.25) is 0 Å². The van der Waals surface area contributed by atoms with Crippen LogP contribution in [0, 0.1) is 11.6 Å². The van der Waals surface area contributed by atoms with E-state index < -0.39 is 11.6 Å². The SMILES string of the molecule is CCCCN(C)C(=NC)NCC(C)c1ccc(F)cc1F. The molecule has 0 aliphatic rings. The molecule has 1 aromatic carbocycles. The van der Waals surface area contributed by atoms with Crippen LogP contribution in [0.25, 0.3) is 0 Å². The van der Waals surface area contributed by atoms with E-state index in [4.69, 9.17) is 0 Å².